The zero-order valence-electron chi connectivity index (χ0n) is 16.1. The molecule has 0 aliphatic heterocycles. The third-order valence-corrected chi connectivity index (χ3v) is 4.36. The first-order valence-corrected chi connectivity index (χ1v) is 8.76. The average molecular weight is 353 g/mol. The van der Waals surface area contributed by atoms with E-state index in [2.05, 4.69) is 44.3 Å². The molecule has 26 heavy (non-hydrogen) atoms. The Labute approximate surface area is 155 Å². The van der Waals surface area contributed by atoms with Crippen molar-refractivity contribution < 1.29 is 14.3 Å². The van der Waals surface area contributed by atoms with Crippen LogP contribution in [0.15, 0.2) is 42.5 Å². The molecule has 2 aromatic rings. The zero-order valence-corrected chi connectivity index (χ0v) is 16.1. The number of carbonyl (C=O) groups is 1. The van der Waals surface area contributed by atoms with Gasteiger partial charge in [0.1, 0.15) is 0 Å². The summed E-state index contributed by atoms with van der Waals surface area (Å²) in [5.74, 6) is 1.18. The van der Waals surface area contributed by atoms with E-state index in [-0.39, 0.29) is 11.9 Å². The number of amides is 1. The number of methoxy groups -OCH3 is 2. The lowest BCUT2D eigenvalue weighted by Gasteiger charge is -2.19. The number of hydrogen-bond donors (Lipinski definition) is 1. The molecule has 4 nitrogen and oxygen atoms in total. The van der Waals surface area contributed by atoms with E-state index in [4.69, 9.17) is 9.47 Å². The van der Waals surface area contributed by atoms with Gasteiger partial charge in [0.15, 0.2) is 11.5 Å². The van der Waals surface area contributed by atoms with Crippen molar-refractivity contribution in [3.05, 3.63) is 64.7 Å². The number of aryl methyl sites for hydroxylation is 2. The predicted octanol–water partition coefficient (Wildman–Crippen LogP) is 4.60. The van der Waals surface area contributed by atoms with Gasteiger partial charge in [-0.3, -0.25) is 4.79 Å². The Kier molecular flexibility index (Phi) is 6.84. The van der Waals surface area contributed by atoms with Crippen molar-refractivity contribution in [2.45, 2.75) is 33.2 Å². The van der Waals surface area contributed by atoms with Crippen LogP contribution >= 0.6 is 0 Å². The smallest absolute Gasteiger partial charge is 0.244 e. The number of benzene rings is 2. The minimum atomic E-state index is -0.119. The number of ether oxygens (including phenoxy) is 2. The molecule has 0 aromatic heterocycles. The number of hydrogen-bond acceptors (Lipinski definition) is 3. The Bertz CT molecular complexity index is 796. The quantitative estimate of drug-likeness (QED) is 0.740. The van der Waals surface area contributed by atoms with Crippen LogP contribution in [0, 0.1) is 13.8 Å². The van der Waals surface area contributed by atoms with Crippen molar-refractivity contribution >= 4 is 12.0 Å². The average Bonchev–Trinajstić information content (AvgIpc) is 2.64. The SMILES string of the molecule is CC[C@@H](NC(=O)/C=C/c1ccc(OC)c(OC)c1)c1ccc(C)cc1C. The molecule has 0 spiro atoms. The van der Waals surface area contributed by atoms with Crippen LogP contribution < -0.4 is 14.8 Å². The van der Waals surface area contributed by atoms with Gasteiger partial charge in [0.25, 0.3) is 0 Å². The predicted molar refractivity (Wildman–Crippen MR) is 106 cm³/mol. The van der Waals surface area contributed by atoms with Gasteiger partial charge < -0.3 is 14.8 Å². The molecule has 0 aliphatic rings. The van der Waals surface area contributed by atoms with Crippen molar-refractivity contribution in [3.8, 4) is 11.5 Å². The second-order valence-corrected chi connectivity index (χ2v) is 6.28. The van der Waals surface area contributed by atoms with Gasteiger partial charge in [-0.1, -0.05) is 36.8 Å². The molecule has 0 fully saturated rings. The lowest BCUT2D eigenvalue weighted by atomic mass is 9.97. The zero-order chi connectivity index (χ0) is 19.1. The van der Waals surface area contributed by atoms with Crippen LogP contribution in [0.25, 0.3) is 6.08 Å². The summed E-state index contributed by atoms with van der Waals surface area (Å²) >= 11 is 0. The van der Waals surface area contributed by atoms with Crippen LogP contribution in [-0.2, 0) is 4.79 Å². The Morgan fingerprint density at radius 1 is 1.08 bits per heavy atom. The molecule has 1 amide bonds. The third-order valence-electron chi connectivity index (χ3n) is 4.36. The second-order valence-electron chi connectivity index (χ2n) is 6.28. The molecule has 0 heterocycles. The number of carbonyl (C=O) groups excluding carboxylic acids is 1. The summed E-state index contributed by atoms with van der Waals surface area (Å²) in [4.78, 5) is 12.4. The summed E-state index contributed by atoms with van der Waals surface area (Å²) in [6.07, 6.45) is 4.15. The Balaban J connectivity index is 2.10. The normalized spacial score (nSPS) is 12.0. The van der Waals surface area contributed by atoms with Gasteiger partial charge in [-0.05, 0) is 55.2 Å². The molecule has 0 bridgehead atoms. The molecule has 0 unspecified atom stereocenters. The maximum atomic E-state index is 12.4. The lowest BCUT2D eigenvalue weighted by molar-refractivity contribution is -0.117. The molecule has 2 rings (SSSR count). The summed E-state index contributed by atoms with van der Waals surface area (Å²) in [6.45, 7) is 6.22. The fraction of sp³-hybridized carbons (Fsp3) is 0.318. The molecule has 1 atom stereocenters. The fourth-order valence-electron chi connectivity index (χ4n) is 2.96. The van der Waals surface area contributed by atoms with Crippen molar-refractivity contribution in [3.63, 3.8) is 0 Å². The minimum Gasteiger partial charge on any atom is -0.493 e. The Morgan fingerprint density at radius 2 is 1.81 bits per heavy atom. The first kappa shape index (κ1) is 19.6. The van der Waals surface area contributed by atoms with E-state index < -0.39 is 0 Å². The highest BCUT2D eigenvalue weighted by Crippen LogP contribution is 2.28. The van der Waals surface area contributed by atoms with Gasteiger partial charge in [-0.2, -0.15) is 0 Å². The largest absolute Gasteiger partial charge is 0.493 e. The van der Waals surface area contributed by atoms with Crippen molar-refractivity contribution in [1.82, 2.24) is 5.32 Å². The van der Waals surface area contributed by atoms with Gasteiger partial charge in [-0.15, -0.1) is 0 Å². The maximum absolute atomic E-state index is 12.4. The van der Waals surface area contributed by atoms with E-state index in [0.29, 0.717) is 11.5 Å². The van der Waals surface area contributed by atoms with E-state index in [1.165, 1.54) is 11.1 Å². The van der Waals surface area contributed by atoms with Gasteiger partial charge in [0.2, 0.25) is 5.91 Å². The monoisotopic (exact) mass is 353 g/mol. The molecule has 1 N–H and O–H groups in total. The number of nitrogens with one attached hydrogen (secondary N) is 1. The Hall–Kier alpha value is -2.75. The van der Waals surface area contributed by atoms with Gasteiger partial charge in [0.05, 0.1) is 20.3 Å². The highest BCUT2D eigenvalue weighted by molar-refractivity contribution is 5.92. The van der Waals surface area contributed by atoms with Crippen molar-refractivity contribution in [2.75, 3.05) is 14.2 Å². The van der Waals surface area contributed by atoms with Crippen LogP contribution in [-0.4, -0.2) is 20.1 Å². The van der Waals surface area contributed by atoms with Crippen molar-refractivity contribution in [2.24, 2.45) is 0 Å². The third kappa shape index (κ3) is 4.88. The highest BCUT2D eigenvalue weighted by Gasteiger charge is 2.13. The molecule has 0 aliphatic carbocycles. The minimum absolute atomic E-state index is 0.00171. The first-order valence-electron chi connectivity index (χ1n) is 8.76. The van der Waals surface area contributed by atoms with E-state index in [9.17, 15) is 4.79 Å². The molecule has 4 heteroatoms. The molecular formula is C22H27NO3. The van der Waals surface area contributed by atoms with Crippen LogP contribution in [0.4, 0.5) is 0 Å². The fourth-order valence-corrected chi connectivity index (χ4v) is 2.96. The van der Waals surface area contributed by atoms with E-state index >= 15 is 0 Å². The highest BCUT2D eigenvalue weighted by atomic mass is 16.5. The molecule has 0 radical (unpaired) electrons. The molecule has 0 saturated carbocycles. The summed E-state index contributed by atoms with van der Waals surface area (Å²) in [5, 5.41) is 3.08. The first-order chi connectivity index (χ1) is 12.5. The van der Waals surface area contributed by atoms with Gasteiger partial charge in [0, 0.05) is 6.08 Å². The number of rotatable bonds is 7. The summed E-state index contributed by atoms with van der Waals surface area (Å²) in [6, 6.07) is 11.9. The van der Waals surface area contributed by atoms with Gasteiger partial charge in [-0.25, -0.2) is 0 Å². The summed E-state index contributed by atoms with van der Waals surface area (Å²) in [5.41, 5.74) is 4.45. The van der Waals surface area contributed by atoms with Crippen LogP contribution in [0.5, 0.6) is 11.5 Å². The topological polar surface area (TPSA) is 47.6 Å². The lowest BCUT2D eigenvalue weighted by Crippen LogP contribution is -2.26. The maximum Gasteiger partial charge on any atom is 0.244 e. The van der Waals surface area contributed by atoms with E-state index in [0.717, 1.165) is 17.5 Å². The molecule has 0 saturated heterocycles. The summed E-state index contributed by atoms with van der Waals surface area (Å²) < 4.78 is 10.5. The van der Waals surface area contributed by atoms with Crippen LogP contribution in [0.3, 0.4) is 0 Å². The second kappa shape index (κ2) is 9.09. The van der Waals surface area contributed by atoms with Crippen molar-refractivity contribution in [1.29, 1.82) is 0 Å². The standard InChI is InChI=1S/C22H27NO3/c1-6-19(18-10-7-15(2)13-16(18)3)23-22(24)12-9-17-8-11-20(25-4)21(14-17)26-5/h7-14,19H,6H2,1-5H3,(H,23,24)/b12-9+/t19-/m1/s1. The van der Waals surface area contributed by atoms with Crippen LogP contribution in [0.2, 0.25) is 0 Å². The molecule has 138 valence electrons. The van der Waals surface area contributed by atoms with Crippen LogP contribution in [0.1, 0.15) is 41.6 Å². The molecular weight excluding hydrogens is 326 g/mol. The Morgan fingerprint density at radius 3 is 2.42 bits per heavy atom. The van der Waals surface area contributed by atoms with E-state index in [1.807, 2.05) is 18.2 Å². The summed E-state index contributed by atoms with van der Waals surface area (Å²) in [7, 11) is 3.19. The molecule has 2 aromatic carbocycles. The van der Waals surface area contributed by atoms with E-state index in [1.54, 1.807) is 26.4 Å². The van der Waals surface area contributed by atoms with Gasteiger partial charge >= 0.3 is 0 Å².